The van der Waals surface area contributed by atoms with Gasteiger partial charge in [-0.3, -0.25) is 9.20 Å². The lowest BCUT2D eigenvalue weighted by Gasteiger charge is -2.22. The fourth-order valence-corrected chi connectivity index (χ4v) is 2.87. The van der Waals surface area contributed by atoms with E-state index in [0.29, 0.717) is 30.4 Å². The smallest absolute Gasteiger partial charge is 0.272 e. The summed E-state index contributed by atoms with van der Waals surface area (Å²) in [6, 6.07) is 7.41. The summed E-state index contributed by atoms with van der Waals surface area (Å²) in [5.74, 6) is 1.73. The van der Waals surface area contributed by atoms with Crippen molar-refractivity contribution in [2.24, 2.45) is 0 Å². The molecule has 25 heavy (non-hydrogen) atoms. The van der Waals surface area contributed by atoms with E-state index >= 15 is 0 Å². The van der Waals surface area contributed by atoms with E-state index in [0.717, 1.165) is 17.7 Å². The summed E-state index contributed by atoms with van der Waals surface area (Å²) in [5.41, 5.74) is 1.32. The summed E-state index contributed by atoms with van der Waals surface area (Å²) >= 11 is 0. The van der Waals surface area contributed by atoms with Crippen LogP contribution in [0.3, 0.4) is 0 Å². The molecule has 0 bridgehead atoms. The van der Waals surface area contributed by atoms with Crippen molar-refractivity contribution in [1.29, 1.82) is 0 Å². The highest BCUT2D eigenvalue weighted by molar-refractivity contribution is 5.93. The number of fused-ring (bicyclic) bond motifs is 2. The fourth-order valence-electron chi connectivity index (χ4n) is 2.87. The summed E-state index contributed by atoms with van der Waals surface area (Å²) in [7, 11) is 0. The van der Waals surface area contributed by atoms with Crippen LogP contribution in [0.5, 0.6) is 11.5 Å². The van der Waals surface area contributed by atoms with Crippen molar-refractivity contribution in [3.63, 3.8) is 0 Å². The molecule has 0 spiro atoms. The minimum atomic E-state index is -0.229. The van der Waals surface area contributed by atoms with Crippen molar-refractivity contribution in [2.45, 2.75) is 19.4 Å². The van der Waals surface area contributed by atoms with Gasteiger partial charge in [0.1, 0.15) is 18.9 Å². The first-order chi connectivity index (χ1) is 12.2. The second-order valence-corrected chi connectivity index (χ2v) is 5.79. The van der Waals surface area contributed by atoms with E-state index in [2.05, 4.69) is 15.3 Å². The van der Waals surface area contributed by atoms with Gasteiger partial charge in [-0.05, 0) is 30.2 Å². The van der Waals surface area contributed by atoms with E-state index in [4.69, 9.17) is 9.47 Å². The summed E-state index contributed by atoms with van der Waals surface area (Å²) in [6.07, 6.45) is 5.88. The van der Waals surface area contributed by atoms with E-state index < -0.39 is 0 Å². The Morgan fingerprint density at radius 2 is 2.16 bits per heavy atom. The first-order valence-corrected chi connectivity index (χ1v) is 8.24. The lowest BCUT2D eigenvalue weighted by Crippen LogP contribution is -2.28. The molecular weight excluding hydrogens is 320 g/mol. The Bertz CT molecular complexity index is 889. The number of hydrogen-bond donors (Lipinski definition) is 1. The van der Waals surface area contributed by atoms with Crippen LogP contribution in [0, 0.1) is 0 Å². The van der Waals surface area contributed by atoms with Crippen LogP contribution in [0.25, 0.3) is 5.78 Å². The molecule has 0 unspecified atom stereocenters. The van der Waals surface area contributed by atoms with Gasteiger partial charge in [0, 0.05) is 18.6 Å². The lowest BCUT2D eigenvalue weighted by atomic mass is 10.0. The number of rotatable bonds is 4. The molecule has 1 atom stereocenters. The number of nitrogens with zero attached hydrogens (tertiary/aromatic N) is 3. The van der Waals surface area contributed by atoms with Gasteiger partial charge in [0.05, 0.1) is 6.04 Å². The van der Waals surface area contributed by atoms with Gasteiger partial charge < -0.3 is 14.8 Å². The quantitative estimate of drug-likeness (QED) is 0.790. The second-order valence-electron chi connectivity index (χ2n) is 5.79. The van der Waals surface area contributed by atoms with Crippen LogP contribution < -0.4 is 14.8 Å². The molecule has 0 saturated carbocycles. The van der Waals surface area contributed by atoms with Crippen molar-refractivity contribution in [2.75, 3.05) is 13.2 Å². The third-order valence-electron chi connectivity index (χ3n) is 4.15. The van der Waals surface area contributed by atoms with Gasteiger partial charge in [0.15, 0.2) is 11.5 Å². The molecule has 128 valence electrons. The average molecular weight is 338 g/mol. The Balaban J connectivity index is 1.56. The van der Waals surface area contributed by atoms with E-state index in [1.165, 1.54) is 0 Å². The largest absolute Gasteiger partial charge is 0.486 e. The van der Waals surface area contributed by atoms with Crippen molar-refractivity contribution < 1.29 is 14.3 Å². The first kappa shape index (κ1) is 15.4. The highest BCUT2D eigenvalue weighted by Gasteiger charge is 2.19. The molecule has 3 heterocycles. The number of nitrogens with one attached hydrogen (secondary N) is 1. The van der Waals surface area contributed by atoms with Crippen LogP contribution in [-0.4, -0.2) is 33.5 Å². The summed E-state index contributed by atoms with van der Waals surface area (Å²) < 4.78 is 12.9. The molecule has 0 aliphatic carbocycles. The molecule has 0 fully saturated rings. The number of ether oxygens (including phenoxy) is 2. The van der Waals surface area contributed by atoms with Gasteiger partial charge >= 0.3 is 0 Å². The van der Waals surface area contributed by atoms with Crippen LogP contribution in [0.15, 0.2) is 42.9 Å². The lowest BCUT2D eigenvalue weighted by molar-refractivity contribution is 0.0931. The third kappa shape index (κ3) is 3.00. The number of hydrogen-bond acceptors (Lipinski definition) is 5. The Labute approximate surface area is 144 Å². The summed E-state index contributed by atoms with van der Waals surface area (Å²) in [5, 5.41) is 3.03. The average Bonchev–Trinajstić information content (AvgIpc) is 3.10. The second kappa shape index (κ2) is 6.43. The third-order valence-corrected chi connectivity index (χ3v) is 4.15. The van der Waals surface area contributed by atoms with Crippen LogP contribution >= 0.6 is 0 Å². The van der Waals surface area contributed by atoms with Gasteiger partial charge in [-0.2, -0.15) is 0 Å². The van der Waals surface area contributed by atoms with E-state index in [9.17, 15) is 4.79 Å². The molecule has 4 rings (SSSR count). The molecule has 1 aliphatic heterocycles. The molecule has 3 aromatic rings. The van der Waals surface area contributed by atoms with Crippen molar-refractivity contribution >= 4 is 11.7 Å². The number of benzene rings is 1. The van der Waals surface area contributed by atoms with Crippen LogP contribution in [0.4, 0.5) is 0 Å². The molecule has 1 aliphatic rings. The minimum Gasteiger partial charge on any atom is -0.486 e. The molecule has 1 aromatic carbocycles. The van der Waals surface area contributed by atoms with Crippen molar-refractivity contribution in [3.05, 3.63) is 54.1 Å². The molecule has 0 saturated heterocycles. The molecular formula is C18H18N4O3. The van der Waals surface area contributed by atoms with Crippen LogP contribution in [0.2, 0.25) is 0 Å². The maximum atomic E-state index is 12.6. The molecule has 1 N–H and O–H groups in total. The molecule has 7 nitrogen and oxygen atoms in total. The van der Waals surface area contributed by atoms with Crippen LogP contribution in [-0.2, 0) is 0 Å². The van der Waals surface area contributed by atoms with Crippen molar-refractivity contribution in [3.8, 4) is 11.5 Å². The maximum absolute atomic E-state index is 12.6. The number of carbonyl (C=O) groups excluding carboxylic acids is 1. The predicted molar refractivity (Wildman–Crippen MR) is 90.9 cm³/mol. The normalized spacial score (nSPS) is 14.3. The number of amides is 1. The van der Waals surface area contributed by atoms with Gasteiger partial charge in [0.2, 0.25) is 5.78 Å². The van der Waals surface area contributed by atoms with Crippen molar-refractivity contribution in [1.82, 2.24) is 19.7 Å². The Morgan fingerprint density at radius 3 is 2.96 bits per heavy atom. The highest BCUT2D eigenvalue weighted by Crippen LogP contribution is 2.33. The number of imidazole rings is 1. The Hall–Kier alpha value is -3.09. The van der Waals surface area contributed by atoms with Gasteiger partial charge in [-0.25, -0.2) is 9.97 Å². The van der Waals surface area contributed by atoms with Gasteiger partial charge in [-0.15, -0.1) is 0 Å². The standard InChI is InChI=1S/C18H18N4O3/c1-2-13(12-4-5-15-16(10-12)25-9-8-24-15)20-17(23)14-11-22-7-3-6-19-18(22)21-14/h3-7,10-11,13H,2,8-9H2,1H3,(H,20,23)/t13-/m1/s1. The zero-order valence-corrected chi connectivity index (χ0v) is 13.8. The molecule has 1 amide bonds. The molecule has 2 aromatic heterocycles. The minimum absolute atomic E-state index is 0.138. The van der Waals surface area contributed by atoms with Crippen LogP contribution in [0.1, 0.15) is 35.4 Å². The Morgan fingerprint density at radius 1 is 1.32 bits per heavy atom. The summed E-state index contributed by atoms with van der Waals surface area (Å²) in [6.45, 7) is 3.11. The highest BCUT2D eigenvalue weighted by atomic mass is 16.6. The first-order valence-electron chi connectivity index (χ1n) is 8.24. The summed E-state index contributed by atoms with van der Waals surface area (Å²) in [4.78, 5) is 21.0. The van der Waals surface area contributed by atoms with E-state index in [1.807, 2.05) is 31.3 Å². The van der Waals surface area contributed by atoms with E-state index in [-0.39, 0.29) is 11.9 Å². The Kier molecular flexibility index (Phi) is 3.97. The van der Waals surface area contributed by atoms with E-state index in [1.54, 1.807) is 22.9 Å². The number of carbonyl (C=O) groups is 1. The zero-order valence-electron chi connectivity index (χ0n) is 13.8. The fraction of sp³-hybridized carbons (Fsp3) is 0.278. The number of aromatic nitrogens is 3. The topological polar surface area (TPSA) is 77.8 Å². The molecule has 0 radical (unpaired) electrons. The molecule has 7 heteroatoms. The van der Waals surface area contributed by atoms with Gasteiger partial charge in [0.25, 0.3) is 5.91 Å². The van der Waals surface area contributed by atoms with Gasteiger partial charge in [-0.1, -0.05) is 13.0 Å². The zero-order chi connectivity index (χ0) is 17.2. The SMILES string of the molecule is CC[C@@H](NC(=O)c1cn2cccnc2n1)c1ccc2c(c1)OCCO2. The maximum Gasteiger partial charge on any atom is 0.272 e. The monoisotopic (exact) mass is 338 g/mol. The predicted octanol–water partition coefficient (Wildman–Crippen LogP) is 2.38.